The number of carbonyl (C=O) groups excluding carboxylic acids is 1. The summed E-state index contributed by atoms with van der Waals surface area (Å²) in [7, 11) is 1.82. The summed E-state index contributed by atoms with van der Waals surface area (Å²) in [4.78, 5) is 27.1. The number of oxazole rings is 1. The van der Waals surface area contributed by atoms with Crippen molar-refractivity contribution >= 4 is 28.6 Å². The van der Waals surface area contributed by atoms with Gasteiger partial charge in [0.2, 0.25) is 5.91 Å². The van der Waals surface area contributed by atoms with Crippen molar-refractivity contribution in [3.63, 3.8) is 0 Å². The first-order chi connectivity index (χ1) is 12.0. The molecular formula is C18H19N5O2. The highest BCUT2D eigenvalue weighted by Gasteiger charge is 2.29. The quantitative estimate of drug-likeness (QED) is 0.791. The van der Waals surface area contributed by atoms with Crippen molar-refractivity contribution in [3.05, 3.63) is 41.5 Å². The molecule has 0 spiro atoms. The number of para-hydroxylation sites is 1. The van der Waals surface area contributed by atoms with Gasteiger partial charge in [-0.3, -0.25) is 4.79 Å². The van der Waals surface area contributed by atoms with Crippen LogP contribution in [0.15, 0.2) is 28.7 Å². The van der Waals surface area contributed by atoms with Gasteiger partial charge in [-0.2, -0.15) is 4.98 Å². The minimum atomic E-state index is 0.0817. The summed E-state index contributed by atoms with van der Waals surface area (Å²) in [5.41, 5.74) is 3.23. The summed E-state index contributed by atoms with van der Waals surface area (Å²) in [6.07, 6.45) is 0.464. The maximum atomic E-state index is 12.3. The number of hydrogen-bond donors (Lipinski definition) is 1. The molecule has 4 rings (SSSR count). The van der Waals surface area contributed by atoms with Gasteiger partial charge in [0.05, 0.1) is 0 Å². The van der Waals surface area contributed by atoms with Gasteiger partial charge in [0.25, 0.3) is 5.71 Å². The van der Waals surface area contributed by atoms with Crippen molar-refractivity contribution in [1.29, 1.82) is 0 Å². The summed E-state index contributed by atoms with van der Waals surface area (Å²) in [5.74, 6) is 2.01. The number of nitrogens with zero attached hydrogens (tertiary/aromatic N) is 4. The lowest BCUT2D eigenvalue weighted by Crippen LogP contribution is -2.35. The van der Waals surface area contributed by atoms with E-state index >= 15 is 0 Å². The minimum absolute atomic E-state index is 0.0817. The van der Waals surface area contributed by atoms with Crippen molar-refractivity contribution in [1.82, 2.24) is 15.0 Å². The highest BCUT2D eigenvalue weighted by Crippen LogP contribution is 2.35. The smallest absolute Gasteiger partial charge is 0.252 e. The Bertz CT molecular complexity index is 965. The highest BCUT2D eigenvalue weighted by molar-refractivity contribution is 5.96. The number of rotatable bonds is 3. The summed E-state index contributed by atoms with van der Waals surface area (Å²) in [6, 6.07) is 8.01. The lowest BCUT2D eigenvalue weighted by molar-refractivity contribution is -0.119. The maximum absolute atomic E-state index is 12.3. The number of amides is 1. The van der Waals surface area contributed by atoms with Gasteiger partial charge >= 0.3 is 0 Å². The van der Waals surface area contributed by atoms with Crippen LogP contribution < -0.4 is 10.2 Å². The third kappa shape index (κ3) is 2.71. The van der Waals surface area contributed by atoms with E-state index in [4.69, 9.17) is 4.42 Å². The number of fused-ring (bicyclic) bond motifs is 2. The van der Waals surface area contributed by atoms with Crippen molar-refractivity contribution in [2.45, 2.75) is 26.2 Å². The first-order valence-corrected chi connectivity index (χ1v) is 8.24. The fourth-order valence-electron chi connectivity index (χ4n) is 3.29. The molecule has 2 aromatic heterocycles. The zero-order chi connectivity index (χ0) is 17.6. The van der Waals surface area contributed by atoms with Crippen LogP contribution in [-0.4, -0.2) is 34.5 Å². The molecule has 7 heteroatoms. The monoisotopic (exact) mass is 337 g/mol. The van der Waals surface area contributed by atoms with Gasteiger partial charge in [-0.15, -0.1) is 0 Å². The van der Waals surface area contributed by atoms with Gasteiger partial charge in [0.15, 0.2) is 17.2 Å². The molecule has 1 unspecified atom stereocenters. The Morgan fingerprint density at radius 3 is 2.88 bits per heavy atom. The van der Waals surface area contributed by atoms with Crippen LogP contribution >= 0.6 is 0 Å². The zero-order valence-electron chi connectivity index (χ0n) is 14.4. The van der Waals surface area contributed by atoms with E-state index in [0.29, 0.717) is 41.7 Å². The van der Waals surface area contributed by atoms with Crippen molar-refractivity contribution < 1.29 is 9.21 Å². The van der Waals surface area contributed by atoms with E-state index in [9.17, 15) is 4.79 Å². The topological polar surface area (TPSA) is 84.2 Å². The van der Waals surface area contributed by atoms with Crippen LogP contribution in [0.4, 0.5) is 11.5 Å². The first-order valence-electron chi connectivity index (χ1n) is 8.24. The molecule has 7 nitrogen and oxygen atoms in total. The lowest BCUT2D eigenvalue weighted by atomic mass is 9.89. The molecule has 1 aromatic carbocycles. The van der Waals surface area contributed by atoms with Gasteiger partial charge in [-0.25, -0.2) is 9.97 Å². The molecule has 0 fully saturated rings. The molecule has 0 aliphatic carbocycles. The molecular weight excluding hydrogens is 318 g/mol. The largest absolute Gasteiger partial charge is 0.422 e. The number of carbonyl (C=O) groups is 1. The Hall–Kier alpha value is -2.96. The van der Waals surface area contributed by atoms with Crippen LogP contribution in [-0.2, 0) is 4.79 Å². The number of anilines is 2. The molecule has 128 valence electrons. The molecule has 1 N–H and O–H groups in total. The fraction of sp³-hybridized carbons (Fsp3) is 0.333. The number of aryl methyl sites for hydroxylation is 2. The van der Waals surface area contributed by atoms with E-state index in [-0.39, 0.29) is 11.8 Å². The standard InChI is InChI=1S/C18H19N5O2/c1-10-20-17(16-18(21-10)25-11(2)22-16)19-9-12-8-15(24)23(3)14-7-5-4-6-13(12)14/h4-7,12H,8-9H2,1-3H3,(H,19,20,21). The Balaban J connectivity index is 1.64. The summed E-state index contributed by atoms with van der Waals surface area (Å²) in [6.45, 7) is 4.19. The van der Waals surface area contributed by atoms with E-state index in [1.54, 1.807) is 11.8 Å². The van der Waals surface area contributed by atoms with Gasteiger partial charge < -0.3 is 14.6 Å². The maximum Gasteiger partial charge on any atom is 0.252 e. The summed E-state index contributed by atoms with van der Waals surface area (Å²) >= 11 is 0. The molecule has 1 atom stereocenters. The second kappa shape index (κ2) is 5.84. The molecule has 1 aliphatic rings. The molecule has 25 heavy (non-hydrogen) atoms. The van der Waals surface area contributed by atoms with Crippen LogP contribution in [0.1, 0.15) is 29.6 Å². The third-order valence-electron chi connectivity index (χ3n) is 4.53. The Morgan fingerprint density at radius 1 is 1.24 bits per heavy atom. The molecule has 0 bridgehead atoms. The van der Waals surface area contributed by atoms with Crippen molar-refractivity contribution in [2.75, 3.05) is 23.8 Å². The molecule has 0 saturated carbocycles. The third-order valence-corrected chi connectivity index (χ3v) is 4.53. The van der Waals surface area contributed by atoms with Crippen LogP contribution in [0.3, 0.4) is 0 Å². The van der Waals surface area contributed by atoms with Crippen LogP contribution in [0.2, 0.25) is 0 Å². The number of nitrogens with one attached hydrogen (secondary N) is 1. The Kier molecular flexibility index (Phi) is 3.63. The second-order valence-electron chi connectivity index (χ2n) is 6.30. The van der Waals surface area contributed by atoms with E-state index in [0.717, 1.165) is 11.3 Å². The average Bonchev–Trinajstić information content (AvgIpc) is 2.96. The zero-order valence-corrected chi connectivity index (χ0v) is 14.4. The van der Waals surface area contributed by atoms with Crippen LogP contribution in [0.25, 0.3) is 11.2 Å². The Labute approximate surface area is 145 Å². The molecule has 0 saturated heterocycles. The molecule has 1 amide bonds. The van der Waals surface area contributed by atoms with E-state index in [1.807, 2.05) is 32.2 Å². The van der Waals surface area contributed by atoms with Gasteiger partial charge in [-0.05, 0) is 18.6 Å². The normalized spacial score (nSPS) is 17.0. The van der Waals surface area contributed by atoms with E-state index < -0.39 is 0 Å². The predicted molar refractivity (Wildman–Crippen MR) is 94.8 cm³/mol. The number of aromatic nitrogens is 3. The van der Waals surface area contributed by atoms with Crippen molar-refractivity contribution in [2.24, 2.45) is 0 Å². The SMILES string of the molecule is Cc1nc(NCC2CC(=O)N(C)c3ccccc32)c2nc(C)oc2n1. The second-order valence-corrected chi connectivity index (χ2v) is 6.30. The Morgan fingerprint density at radius 2 is 2.04 bits per heavy atom. The van der Waals surface area contributed by atoms with Gasteiger partial charge in [0.1, 0.15) is 5.82 Å². The molecule has 3 heterocycles. The van der Waals surface area contributed by atoms with E-state index in [1.165, 1.54) is 0 Å². The number of hydrogen-bond acceptors (Lipinski definition) is 6. The predicted octanol–water partition coefficient (Wildman–Crippen LogP) is 2.80. The number of benzene rings is 1. The minimum Gasteiger partial charge on any atom is -0.422 e. The molecule has 3 aromatic rings. The lowest BCUT2D eigenvalue weighted by Gasteiger charge is -2.31. The first kappa shape index (κ1) is 15.6. The summed E-state index contributed by atoms with van der Waals surface area (Å²) in [5, 5.41) is 3.34. The molecule has 1 aliphatic heterocycles. The van der Waals surface area contributed by atoms with Gasteiger partial charge in [0, 0.05) is 38.5 Å². The molecule has 0 radical (unpaired) electrons. The van der Waals surface area contributed by atoms with E-state index in [2.05, 4.69) is 26.3 Å². The summed E-state index contributed by atoms with van der Waals surface area (Å²) < 4.78 is 5.51. The average molecular weight is 337 g/mol. The fourth-order valence-corrected chi connectivity index (χ4v) is 3.29. The van der Waals surface area contributed by atoms with Crippen LogP contribution in [0, 0.1) is 13.8 Å². The highest BCUT2D eigenvalue weighted by atomic mass is 16.4. The van der Waals surface area contributed by atoms with Gasteiger partial charge in [-0.1, -0.05) is 18.2 Å². The van der Waals surface area contributed by atoms with Crippen LogP contribution in [0.5, 0.6) is 0 Å². The van der Waals surface area contributed by atoms with Crippen molar-refractivity contribution in [3.8, 4) is 0 Å².